The number of hydrogen-bond donors (Lipinski definition) is 3. The first-order chi connectivity index (χ1) is 5.70. The van der Waals surface area contributed by atoms with E-state index in [0.29, 0.717) is 18.4 Å². The second-order valence-electron chi connectivity index (χ2n) is 4.86. The highest BCUT2D eigenvalue weighted by molar-refractivity contribution is 5.08. The minimum absolute atomic E-state index is 0.325. The van der Waals surface area contributed by atoms with Crippen LogP contribution in [0.2, 0.25) is 0 Å². The molecule has 3 heteroatoms. The Morgan fingerprint density at radius 1 is 1.00 bits per heavy atom. The topological polar surface area (TPSA) is 78.1 Å². The van der Waals surface area contributed by atoms with E-state index >= 15 is 0 Å². The monoisotopic (exact) mass is 187 g/mol. The van der Waals surface area contributed by atoms with E-state index in [9.17, 15) is 0 Å². The van der Waals surface area contributed by atoms with Gasteiger partial charge in [0.2, 0.25) is 0 Å². The molecule has 0 aliphatic heterocycles. The fraction of sp³-hybridized carbons (Fsp3) is 1.00. The highest BCUT2D eigenvalue weighted by atomic mass is 15.0. The molecule has 80 valence electrons. The van der Waals surface area contributed by atoms with Crippen LogP contribution in [0, 0.1) is 11.8 Å². The van der Waals surface area contributed by atoms with Crippen molar-refractivity contribution >= 4 is 0 Å². The summed E-state index contributed by atoms with van der Waals surface area (Å²) < 4.78 is 0. The zero-order valence-electron chi connectivity index (χ0n) is 9.59. The van der Waals surface area contributed by atoms with Crippen molar-refractivity contribution in [3.63, 3.8) is 0 Å². The van der Waals surface area contributed by atoms with Crippen molar-refractivity contribution in [3.8, 4) is 0 Å². The van der Waals surface area contributed by atoms with Crippen molar-refractivity contribution in [2.75, 3.05) is 6.54 Å². The molecular weight excluding hydrogens is 162 g/mol. The molecule has 0 amide bonds. The summed E-state index contributed by atoms with van der Waals surface area (Å²) in [5, 5.41) is 0. The third-order valence-corrected chi connectivity index (χ3v) is 3.32. The van der Waals surface area contributed by atoms with E-state index in [-0.39, 0.29) is 0 Å². The smallest absolute Gasteiger partial charge is 0.0437 e. The average molecular weight is 187 g/mol. The van der Waals surface area contributed by atoms with Gasteiger partial charge in [-0.2, -0.15) is 0 Å². The van der Waals surface area contributed by atoms with Crippen LogP contribution >= 0.6 is 0 Å². The van der Waals surface area contributed by atoms with Crippen molar-refractivity contribution in [1.82, 2.24) is 0 Å². The molecule has 13 heavy (non-hydrogen) atoms. The molecule has 0 spiro atoms. The molecule has 0 aromatic heterocycles. The molecule has 0 saturated carbocycles. The van der Waals surface area contributed by atoms with Gasteiger partial charge in [0, 0.05) is 17.6 Å². The molecule has 0 saturated heterocycles. The van der Waals surface area contributed by atoms with Crippen LogP contribution in [-0.2, 0) is 0 Å². The molecule has 0 heterocycles. The highest BCUT2D eigenvalue weighted by Crippen LogP contribution is 2.32. The van der Waals surface area contributed by atoms with E-state index < -0.39 is 11.1 Å². The standard InChI is InChI=1S/C10H25N3/c1-7(2)10(13,8(3)4)9(5,12)6-11/h7-8H,6,11-13H2,1-5H3. The molecule has 0 aliphatic carbocycles. The lowest BCUT2D eigenvalue weighted by Crippen LogP contribution is -2.72. The second-order valence-corrected chi connectivity index (χ2v) is 4.86. The summed E-state index contributed by atoms with van der Waals surface area (Å²) in [5.74, 6) is 0.650. The van der Waals surface area contributed by atoms with E-state index in [4.69, 9.17) is 17.2 Å². The van der Waals surface area contributed by atoms with Gasteiger partial charge in [-0.1, -0.05) is 27.7 Å². The number of hydrogen-bond acceptors (Lipinski definition) is 3. The average Bonchev–Trinajstić information content (AvgIpc) is 2.01. The fourth-order valence-corrected chi connectivity index (χ4v) is 2.16. The van der Waals surface area contributed by atoms with Gasteiger partial charge in [-0.05, 0) is 18.8 Å². The van der Waals surface area contributed by atoms with Crippen LogP contribution in [0.25, 0.3) is 0 Å². The Morgan fingerprint density at radius 3 is 1.38 bits per heavy atom. The maximum Gasteiger partial charge on any atom is 0.0437 e. The summed E-state index contributed by atoms with van der Waals surface area (Å²) in [5.41, 5.74) is 17.3. The number of nitrogens with two attached hydrogens (primary N) is 3. The largest absolute Gasteiger partial charge is 0.329 e. The van der Waals surface area contributed by atoms with Gasteiger partial charge in [0.1, 0.15) is 0 Å². The molecule has 0 bridgehead atoms. The number of rotatable bonds is 4. The minimum atomic E-state index is -0.505. The van der Waals surface area contributed by atoms with Crippen LogP contribution in [0.1, 0.15) is 34.6 Å². The Hall–Kier alpha value is -0.120. The summed E-state index contributed by atoms with van der Waals surface area (Å²) in [7, 11) is 0. The first-order valence-corrected chi connectivity index (χ1v) is 4.98. The van der Waals surface area contributed by atoms with Crippen molar-refractivity contribution in [1.29, 1.82) is 0 Å². The molecule has 0 rings (SSSR count). The minimum Gasteiger partial charge on any atom is -0.329 e. The van der Waals surface area contributed by atoms with Crippen LogP contribution in [0.15, 0.2) is 0 Å². The van der Waals surface area contributed by atoms with Gasteiger partial charge in [-0.25, -0.2) is 0 Å². The van der Waals surface area contributed by atoms with Crippen LogP contribution in [0.5, 0.6) is 0 Å². The van der Waals surface area contributed by atoms with Gasteiger partial charge in [-0.15, -0.1) is 0 Å². The van der Waals surface area contributed by atoms with Crippen molar-refractivity contribution in [2.24, 2.45) is 29.0 Å². The van der Waals surface area contributed by atoms with Crippen LogP contribution in [-0.4, -0.2) is 17.6 Å². The summed E-state index contributed by atoms with van der Waals surface area (Å²) in [6.07, 6.45) is 0. The van der Waals surface area contributed by atoms with Crippen LogP contribution < -0.4 is 17.2 Å². The van der Waals surface area contributed by atoms with Crippen molar-refractivity contribution < 1.29 is 0 Å². The van der Waals surface area contributed by atoms with E-state index in [1.165, 1.54) is 0 Å². The van der Waals surface area contributed by atoms with Crippen molar-refractivity contribution in [2.45, 2.75) is 45.7 Å². The summed E-state index contributed by atoms with van der Waals surface area (Å²) in [6.45, 7) is 10.7. The van der Waals surface area contributed by atoms with E-state index in [0.717, 1.165) is 0 Å². The van der Waals surface area contributed by atoms with Gasteiger partial charge in [-0.3, -0.25) is 0 Å². The SMILES string of the molecule is CC(C)C(N)(C(C)C)C(C)(N)CN. The van der Waals surface area contributed by atoms with Gasteiger partial charge in [0.15, 0.2) is 0 Å². The zero-order chi connectivity index (χ0) is 10.9. The van der Waals surface area contributed by atoms with Crippen molar-refractivity contribution in [3.05, 3.63) is 0 Å². The molecule has 0 aliphatic rings. The van der Waals surface area contributed by atoms with Gasteiger partial charge >= 0.3 is 0 Å². The normalized spacial score (nSPS) is 18.0. The van der Waals surface area contributed by atoms with Gasteiger partial charge in [0.25, 0.3) is 0 Å². The molecule has 0 aromatic rings. The van der Waals surface area contributed by atoms with E-state index in [2.05, 4.69) is 27.7 Å². The lowest BCUT2D eigenvalue weighted by Gasteiger charge is -2.49. The molecule has 1 atom stereocenters. The first-order valence-electron chi connectivity index (χ1n) is 4.98. The summed E-state index contributed by atoms with van der Waals surface area (Å²) >= 11 is 0. The fourth-order valence-electron chi connectivity index (χ4n) is 2.16. The first kappa shape index (κ1) is 12.9. The predicted molar refractivity (Wildman–Crippen MR) is 58.2 cm³/mol. The predicted octanol–water partition coefficient (Wildman–Crippen LogP) is 0.672. The maximum atomic E-state index is 6.37. The molecule has 1 unspecified atom stereocenters. The van der Waals surface area contributed by atoms with E-state index in [1.807, 2.05) is 6.92 Å². The summed E-state index contributed by atoms with van der Waals surface area (Å²) in [4.78, 5) is 0. The zero-order valence-corrected chi connectivity index (χ0v) is 9.59. The lowest BCUT2D eigenvalue weighted by molar-refractivity contribution is 0.120. The van der Waals surface area contributed by atoms with Crippen LogP contribution in [0.3, 0.4) is 0 Å². The Labute approximate surface area is 82.0 Å². The second kappa shape index (κ2) is 3.95. The molecule has 0 aromatic carbocycles. The maximum absolute atomic E-state index is 6.37. The van der Waals surface area contributed by atoms with E-state index in [1.54, 1.807) is 0 Å². The Kier molecular flexibility index (Phi) is 3.91. The Balaban J connectivity index is 5.01. The Bertz CT molecular complexity index is 154. The third kappa shape index (κ3) is 2.03. The summed E-state index contributed by atoms with van der Waals surface area (Å²) in [6, 6.07) is 0. The molecule has 6 N–H and O–H groups in total. The highest BCUT2D eigenvalue weighted by Gasteiger charge is 2.46. The Morgan fingerprint density at radius 2 is 1.31 bits per heavy atom. The molecular formula is C10H25N3. The van der Waals surface area contributed by atoms with Gasteiger partial charge < -0.3 is 17.2 Å². The van der Waals surface area contributed by atoms with Gasteiger partial charge in [0.05, 0.1) is 0 Å². The lowest BCUT2D eigenvalue weighted by atomic mass is 9.65. The van der Waals surface area contributed by atoms with Crippen LogP contribution in [0.4, 0.5) is 0 Å². The quantitative estimate of drug-likeness (QED) is 0.605. The molecule has 3 nitrogen and oxygen atoms in total. The third-order valence-electron chi connectivity index (χ3n) is 3.32. The molecule has 0 radical (unpaired) electrons. The molecule has 0 fully saturated rings.